The Balaban J connectivity index is 3.95. The summed E-state index contributed by atoms with van der Waals surface area (Å²) in [6, 6.07) is 0. The fourth-order valence-electron chi connectivity index (χ4n) is 0.619. The minimum Gasteiger partial charge on any atom is -0.396 e. The van der Waals surface area contributed by atoms with Gasteiger partial charge < -0.3 is 19.8 Å². The standard InChI is InChI=1S/C5H14O8P2/c1-5(4-6)2-3-12-15(10,11)13-14(7,8)9/h5-6H,2-4H2,1H3,(H,10,11)(H2,7,8,9). The fraction of sp³-hybridized carbons (Fsp3) is 1.00. The largest absolute Gasteiger partial charge is 0.481 e. The quantitative estimate of drug-likeness (QED) is 0.480. The van der Waals surface area contributed by atoms with Crippen molar-refractivity contribution in [3.63, 3.8) is 0 Å². The summed E-state index contributed by atoms with van der Waals surface area (Å²) < 4.78 is 28.9. The Morgan fingerprint density at radius 3 is 2.20 bits per heavy atom. The minimum atomic E-state index is -5.05. The van der Waals surface area contributed by atoms with Gasteiger partial charge in [-0.25, -0.2) is 9.13 Å². The summed E-state index contributed by atoms with van der Waals surface area (Å²) in [7, 11) is -9.77. The van der Waals surface area contributed by atoms with Gasteiger partial charge in [0.25, 0.3) is 0 Å². The van der Waals surface area contributed by atoms with E-state index in [1.807, 2.05) is 0 Å². The highest BCUT2D eigenvalue weighted by Gasteiger charge is 2.32. The molecule has 0 bridgehead atoms. The zero-order chi connectivity index (χ0) is 12.1. The van der Waals surface area contributed by atoms with Crippen molar-refractivity contribution in [2.75, 3.05) is 13.2 Å². The first-order valence-electron chi connectivity index (χ1n) is 4.01. The monoisotopic (exact) mass is 264 g/mol. The third-order valence-corrected chi connectivity index (χ3v) is 3.57. The lowest BCUT2D eigenvalue weighted by Gasteiger charge is -2.13. The second-order valence-electron chi connectivity index (χ2n) is 2.95. The molecule has 92 valence electrons. The molecule has 0 aliphatic carbocycles. The topological polar surface area (TPSA) is 134 Å². The summed E-state index contributed by atoms with van der Waals surface area (Å²) in [4.78, 5) is 25.3. The normalized spacial score (nSPS) is 18.5. The molecule has 4 N–H and O–H groups in total. The molecule has 0 amide bonds. The van der Waals surface area contributed by atoms with Gasteiger partial charge in [-0.2, -0.15) is 4.31 Å². The van der Waals surface area contributed by atoms with E-state index in [4.69, 9.17) is 19.8 Å². The van der Waals surface area contributed by atoms with Crippen LogP contribution in [-0.4, -0.2) is 33.0 Å². The van der Waals surface area contributed by atoms with Crippen molar-refractivity contribution in [2.24, 2.45) is 5.92 Å². The Bertz CT molecular complexity index is 272. The van der Waals surface area contributed by atoms with E-state index in [2.05, 4.69) is 8.83 Å². The van der Waals surface area contributed by atoms with E-state index in [1.54, 1.807) is 6.92 Å². The molecule has 2 unspecified atom stereocenters. The third kappa shape index (κ3) is 9.17. The van der Waals surface area contributed by atoms with E-state index in [1.165, 1.54) is 0 Å². The maximum Gasteiger partial charge on any atom is 0.481 e. The van der Waals surface area contributed by atoms with Crippen LogP contribution < -0.4 is 0 Å². The van der Waals surface area contributed by atoms with Crippen LogP contribution in [0.15, 0.2) is 0 Å². The van der Waals surface area contributed by atoms with Gasteiger partial charge in [0.15, 0.2) is 0 Å². The van der Waals surface area contributed by atoms with Crippen LogP contribution in [0.25, 0.3) is 0 Å². The summed E-state index contributed by atoms with van der Waals surface area (Å²) in [6.07, 6.45) is 0.269. The van der Waals surface area contributed by atoms with E-state index in [0.717, 1.165) is 0 Å². The Hall–Kier alpha value is 0.220. The Morgan fingerprint density at radius 1 is 1.27 bits per heavy atom. The number of aliphatic hydroxyl groups is 1. The van der Waals surface area contributed by atoms with Crippen molar-refractivity contribution in [3.05, 3.63) is 0 Å². The number of phosphoric ester groups is 1. The molecule has 0 spiro atoms. The maximum absolute atomic E-state index is 10.9. The van der Waals surface area contributed by atoms with Crippen molar-refractivity contribution in [1.82, 2.24) is 0 Å². The molecule has 0 aromatic carbocycles. The Labute approximate surface area is 86.7 Å². The highest BCUT2D eigenvalue weighted by atomic mass is 31.3. The highest BCUT2D eigenvalue weighted by Crippen LogP contribution is 2.57. The van der Waals surface area contributed by atoms with Gasteiger partial charge in [-0.05, 0) is 12.3 Å². The first kappa shape index (κ1) is 15.2. The van der Waals surface area contributed by atoms with Gasteiger partial charge in [0, 0.05) is 6.61 Å². The van der Waals surface area contributed by atoms with Gasteiger partial charge in [-0.3, -0.25) is 4.52 Å². The number of hydrogen-bond acceptors (Lipinski definition) is 5. The van der Waals surface area contributed by atoms with Crippen LogP contribution in [0.4, 0.5) is 0 Å². The lowest BCUT2D eigenvalue weighted by molar-refractivity contribution is 0.156. The molecule has 0 radical (unpaired) electrons. The summed E-state index contributed by atoms with van der Waals surface area (Å²) in [5, 5.41) is 8.61. The van der Waals surface area contributed by atoms with Crippen LogP contribution in [0.5, 0.6) is 0 Å². The first-order valence-corrected chi connectivity index (χ1v) is 7.04. The second kappa shape index (κ2) is 6.08. The van der Waals surface area contributed by atoms with Gasteiger partial charge in [0.1, 0.15) is 0 Å². The molecule has 0 rings (SSSR count). The van der Waals surface area contributed by atoms with E-state index >= 15 is 0 Å². The molecule has 0 aliphatic heterocycles. The molecular weight excluding hydrogens is 250 g/mol. The summed E-state index contributed by atoms with van der Waals surface area (Å²) in [5.74, 6) is -0.139. The SMILES string of the molecule is CC(CO)CCOP(=O)(O)OP(=O)(O)O. The lowest BCUT2D eigenvalue weighted by atomic mass is 10.1. The molecular formula is C5H14O8P2. The molecule has 0 fully saturated rings. The number of hydrogen-bond donors (Lipinski definition) is 4. The zero-order valence-electron chi connectivity index (χ0n) is 8.01. The van der Waals surface area contributed by atoms with Crippen molar-refractivity contribution < 1.29 is 37.8 Å². The van der Waals surface area contributed by atoms with Crippen molar-refractivity contribution in [1.29, 1.82) is 0 Å². The molecule has 8 nitrogen and oxygen atoms in total. The smallest absolute Gasteiger partial charge is 0.396 e. The molecule has 15 heavy (non-hydrogen) atoms. The van der Waals surface area contributed by atoms with Crippen LogP contribution in [0.3, 0.4) is 0 Å². The summed E-state index contributed by atoms with van der Waals surface area (Å²) in [6.45, 7) is 1.32. The molecule has 0 saturated heterocycles. The van der Waals surface area contributed by atoms with Crippen molar-refractivity contribution in [3.8, 4) is 0 Å². The predicted molar refractivity (Wildman–Crippen MR) is 49.8 cm³/mol. The number of phosphoric acid groups is 2. The molecule has 0 aromatic rings. The Kier molecular flexibility index (Phi) is 6.17. The van der Waals surface area contributed by atoms with Gasteiger partial charge in [0.2, 0.25) is 0 Å². The van der Waals surface area contributed by atoms with E-state index in [0.29, 0.717) is 0 Å². The van der Waals surface area contributed by atoms with Gasteiger partial charge in [-0.15, -0.1) is 0 Å². The average molecular weight is 264 g/mol. The molecule has 2 atom stereocenters. The van der Waals surface area contributed by atoms with Crippen LogP contribution in [-0.2, 0) is 18.0 Å². The van der Waals surface area contributed by atoms with Gasteiger partial charge in [-0.1, -0.05) is 6.92 Å². The fourth-order valence-corrected chi connectivity index (χ4v) is 2.22. The molecule has 10 heteroatoms. The van der Waals surface area contributed by atoms with Gasteiger partial charge in [0.05, 0.1) is 6.61 Å². The molecule has 0 aromatic heterocycles. The van der Waals surface area contributed by atoms with Gasteiger partial charge >= 0.3 is 15.6 Å². The maximum atomic E-state index is 10.9. The summed E-state index contributed by atoms with van der Waals surface area (Å²) in [5.41, 5.74) is 0. The third-order valence-electron chi connectivity index (χ3n) is 1.39. The van der Waals surface area contributed by atoms with E-state index < -0.39 is 15.6 Å². The molecule has 0 heterocycles. The minimum absolute atomic E-state index is 0.113. The van der Waals surface area contributed by atoms with Crippen molar-refractivity contribution >= 4 is 15.6 Å². The lowest BCUT2D eigenvalue weighted by Crippen LogP contribution is -2.05. The first-order chi connectivity index (χ1) is 6.66. The predicted octanol–water partition coefficient (Wildman–Crippen LogP) is 0.231. The average Bonchev–Trinajstić information content (AvgIpc) is 1.98. The zero-order valence-corrected chi connectivity index (χ0v) is 9.80. The molecule has 0 aliphatic rings. The molecule has 0 saturated carbocycles. The van der Waals surface area contributed by atoms with Crippen LogP contribution >= 0.6 is 15.6 Å². The van der Waals surface area contributed by atoms with E-state index in [-0.39, 0.29) is 25.6 Å². The van der Waals surface area contributed by atoms with Crippen molar-refractivity contribution in [2.45, 2.75) is 13.3 Å². The highest BCUT2D eigenvalue weighted by molar-refractivity contribution is 7.60. The van der Waals surface area contributed by atoms with E-state index in [9.17, 15) is 9.13 Å². The van der Waals surface area contributed by atoms with Crippen LogP contribution in [0, 0.1) is 5.92 Å². The number of aliphatic hydroxyl groups excluding tert-OH is 1. The second-order valence-corrected chi connectivity index (χ2v) is 5.78. The number of rotatable bonds is 7. The van der Waals surface area contributed by atoms with Crippen LogP contribution in [0.2, 0.25) is 0 Å². The van der Waals surface area contributed by atoms with Crippen LogP contribution in [0.1, 0.15) is 13.3 Å². The summed E-state index contributed by atoms with van der Waals surface area (Å²) >= 11 is 0. The Morgan fingerprint density at radius 2 is 1.80 bits per heavy atom.